The molecule has 0 bridgehead atoms. The van der Waals surface area contributed by atoms with E-state index in [9.17, 15) is 26.7 Å². The highest BCUT2D eigenvalue weighted by molar-refractivity contribution is 7.19. The van der Waals surface area contributed by atoms with Crippen LogP contribution in [0.5, 0.6) is 11.5 Å². The van der Waals surface area contributed by atoms with Gasteiger partial charge in [0, 0.05) is 12.0 Å². The lowest BCUT2D eigenvalue weighted by atomic mass is 10.0. The van der Waals surface area contributed by atoms with Gasteiger partial charge in [-0.1, -0.05) is 35.6 Å². The lowest BCUT2D eigenvalue weighted by Gasteiger charge is -2.11. The molecule has 4 rings (SSSR count). The number of methoxy groups -OCH3 is 2. The zero-order chi connectivity index (χ0) is 26.7. The van der Waals surface area contributed by atoms with E-state index in [4.69, 9.17) is 9.47 Å². The number of amides is 1. The maximum absolute atomic E-state index is 14.4. The van der Waals surface area contributed by atoms with E-state index in [1.54, 1.807) is 18.2 Å². The molecule has 1 aliphatic rings. The maximum atomic E-state index is 14.4. The average molecular weight is 535 g/mol. The van der Waals surface area contributed by atoms with E-state index in [0.29, 0.717) is 21.9 Å². The van der Waals surface area contributed by atoms with Gasteiger partial charge in [0.25, 0.3) is 5.91 Å². The highest BCUT2D eigenvalue weighted by Crippen LogP contribution is 2.43. The van der Waals surface area contributed by atoms with E-state index in [1.807, 2.05) is 0 Å². The number of benzene rings is 2. The van der Waals surface area contributed by atoms with Crippen LogP contribution >= 0.6 is 11.3 Å². The van der Waals surface area contributed by atoms with Gasteiger partial charge in [-0.15, -0.1) is 0 Å². The second-order valence-electron chi connectivity index (χ2n) is 7.73. The zero-order valence-electron chi connectivity index (χ0n) is 19.5. The summed E-state index contributed by atoms with van der Waals surface area (Å²) in [5.74, 6) is -2.33. The molecule has 0 radical (unpaired) electrons. The van der Waals surface area contributed by atoms with Crippen LogP contribution in [0.15, 0.2) is 77.9 Å². The Balaban J connectivity index is 1.82. The number of nitrogens with one attached hydrogen (secondary N) is 1. The smallest absolute Gasteiger partial charge is 0.416 e. The minimum atomic E-state index is -4.58. The number of carbonyl (C=O) groups is 1. The van der Waals surface area contributed by atoms with E-state index in [0.717, 1.165) is 29.5 Å². The van der Waals surface area contributed by atoms with Crippen molar-refractivity contribution in [2.24, 2.45) is 0 Å². The summed E-state index contributed by atoms with van der Waals surface area (Å²) in [6, 6.07) is 9.44. The molecule has 0 aliphatic heterocycles. The Kier molecular flexibility index (Phi) is 7.44. The minimum Gasteiger partial charge on any atom is -0.493 e. The molecule has 192 valence electrons. The van der Waals surface area contributed by atoms with Crippen molar-refractivity contribution in [3.63, 3.8) is 0 Å². The molecule has 1 aliphatic carbocycles. The molecule has 37 heavy (non-hydrogen) atoms. The summed E-state index contributed by atoms with van der Waals surface area (Å²) in [5, 5.41) is 2.32. The van der Waals surface area contributed by atoms with Gasteiger partial charge in [-0.2, -0.15) is 13.2 Å². The predicted molar refractivity (Wildman–Crippen MR) is 131 cm³/mol. The second-order valence-corrected chi connectivity index (χ2v) is 8.73. The van der Waals surface area contributed by atoms with Crippen molar-refractivity contribution in [3.05, 3.63) is 83.5 Å². The van der Waals surface area contributed by atoms with Crippen molar-refractivity contribution in [1.82, 2.24) is 4.98 Å². The van der Waals surface area contributed by atoms with Gasteiger partial charge >= 0.3 is 6.18 Å². The maximum Gasteiger partial charge on any atom is 0.416 e. The van der Waals surface area contributed by atoms with Crippen LogP contribution in [0.4, 0.5) is 27.1 Å². The first-order chi connectivity index (χ1) is 17.6. The van der Waals surface area contributed by atoms with Gasteiger partial charge < -0.3 is 9.47 Å². The number of hydrogen-bond donors (Lipinski definition) is 1. The highest BCUT2D eigenvalue weighted by atomic mass is 32.1. The Morgan fingerprint density at radius 3 is 2.49 bits per heavy atom. The number of carbonyl (C=O) groups excluding carboxylic acids is 1. The molecule has 1 aromatic heterocycles. The normalized spacial score (nSPS) is 13.8. The van der Waals surface area contributed by atoms with E-state index < -0.39 is 34.9 Å². The molecule has 5 nitrogen and oxygen atoms in total. The monoisotopic (exact) mass is 534 g/mol. The lowest BCUT2D eigenvalue weighted by Crippen LogP contribution is -2.16. The molecule has 0 atom stereocenters. The van der Waals surface area contributed by atoms with Gasteiger partial charge in [0.2, 0.25) is 0 Å². The Bertz CT molecular complexity index is 1440. The molecule has 3 aromatic rings. The van der Waals surface area contributed by atoms with E-state index in [1.165, 1.54) is 38.5 Å². The summed E-state index contributed by atoms with van der Waals surface area (Å²) in [7, 11) is 2.88. The number of thiazole rings is 1. The summed E-state index contributed by atoms with van der Waals surface area (Å²) < 4.78 is 79.5. The number of anilines is 1. The van der Waals surface area contributed by atoms with Crippen LogP contribution in [0.1, 0.15) is 12.0 Å². The minimum absolute atomic E-state index is 0.0625. The average Bonchev–Trinajstić information content (AvgIpc) is 3.21. The van der Waals surface area contributed by atoms with Crippen molar-refractivity contribution >= 4 is 22.4 Å². The summed E-state index contributed by atoms with van der Waals surface area (Å²) in [4.78, 5) is 17.5. The summed E-state index contributed by atoms with van der Waals surface area (Å²) in [6.45, 7) is 0. The third-order valence-electron chi connectivity index (χ3n) is 5.37. The van der Waals surface area contributed by atoms with Crippen molar-refractivity contribution in [2.75, 3.05) is 19.5 Å². The fourth-order valence-corrected chi connectivity index (χ4v) is 4.59. The quantitative estimate of drug-likeness (QED) is 0.333. The van der Waals surface area contributed by atoms with Crippen LogP contribution in [0.2, 0.25) is 0 Å². The highest BCUT2D eigenvalue weighted by Gasteiger charge is 2.31. The molecular weight excluding hydrogens is 515 g/mol. The van der Waals surface area contributed by atoms with Crippen LogP contribution in [0.25, 0.3) is 21.7 Å². The Morgan fingerprint density at radius 2 is 1.78 bits per heavy atom. The van der Waals surface area contributed by atoms with E-state index in [2.05, 4.69) is 10.3 Å². The predicted octanol–water partition coefficient (Wildman–Crippen LogP) is 7.49. The third kappa shape index (κ3) is 5.56. The van der Waals surface area contributed by atoms with Gasteiger partial charge in [-0.25, -0.2) is 13.8 Å². The van der Waals surface area contributed by atoms with Crippen molar-refractivity contribution < 1.29 is 36.2 Å². The van der Waals surface area contributed by atoms with Crippen molar-refractivity contribution in [2.45, 2.75) is 12.6 Å². The van der Waals surface area contributed by atoms with E-state index >= 15 is 0 Å². The number of hydrogen-bond acceptors (Lipinski definition) is 5. The van der Waals surface area contributed by atoms with Gasteiger partial charge in [0.1, 0.15) is 17.2 Å². The number of rotatable bonds is 6. The number of allylic oxidation sites excluding steroid dienone is 4. The molecule has 2 aromatic carbocycles. The Labute approximate surface area is 212 Å². The summed E-state index contributed by atoms with van der Waals surface area (Å²) >= 11 is 0.865. The summed E-state index contributed by atoms with van der Waals surface area (Å²) in [5.41, 5.74) is -0.764. The second kappa shape index (κ2) is 10.6. The molecule has 11 heteroatoms. The number of halogens is 5. The van der Waals surface area contributed by atoms with Gasteiger partial charge in [-0.05, 0) is 42.0 Å². The molecule has 1 N–H and O–H groups in total. The molecule has 0 unspecified atom stereocenters. The first kappa shape index (κ1) is 26.1. The first-order valence-corrected chi connectivity index (χ1v) is 11.6. The lowest BCUT2D eigenvalue weighted by molar-refractivity contribution is -0.137. The van der Waals surface area contributed by atoms with Crippen molar-refractivity contribution in [1.29, 1.82) is 0 Å². The molecule has 1 heterocycles. The summed E-state index contributed by atoms with van der Waals surface area (Å²) in [6.07, 6.45) is -1.23. The van der Waals surface area contributed by atoms with Crippen LogP contribution in [0.3, 0.4) is 0 Å². The molecule has 0 fully saturated rings. The number of nitrogens with zero attached hydrogens (tertiary/aromatic N) is 1. The first-order valence-electron chi connectivity index (χ1n) is 10.8. The molecule has 0 saturated heterocycles. The molecular formula is C26H19F5N2O3S. The number of aromatic nitrogens is 1. The molecule has 0 spiro atoms. The largest absolute Gasteiger partial charge is 0.493 e. The van der Waals surface area contributed by atoms with Crippen molar-refractivity contribution in [3.8, 4) is 33.2 Å². The third-order valence-corrected chi connectivity index (χ3v) is 6.39. The van der Waals surface area contributed by atoms with Crippen LogP contribution in [-0.4, -0.2) is 25.1 Å². The van der Waals surface area contributed by atoms with E-state index in [-0.39, 0.29) is 22.8 Å². The fourth-order valence-electron chi connectivity index (χ4n) is 3.62. The fraction of sp³-hybridized carbons (Fsp3) is 0.154. The molecule has 1 amide bonds. The Morgan fingerprint density at radius 1 is 1.03 bits per heavy atom. The van der Waals surface area contributed by atoms with Gasteiger partial charge in [-0.3, -0.25) is 10.1 Å². The topological polar surface area (TPSA) is 60.5 Å². The Hall–Kier alpha value is -3.99. The van der Waals surface area contributed by atoms with Gasteiger partial charge in [0.05, 0.1) is 30.4 Å². The number of alkyl halides is 3. The van der Waals surface area contributed by atoms with Gasteiger partial charge in [0.15, 0.2) is 16.6 Å². The van der Waals surface area contributed by atoms with Crippen LogP contribution in [0, 0.1) is 0 Å². The SMILES string of the molecule is COc1ccc(-c2nc(NC(=O)C3=C(F)CC=CC=C3F)sc2-c2cccc(C(F)(F)F)c2)cc1OC. The van der Waals surface area contributed by atoms with Crippen LogP contribution < -0.4 is 14.8 Å². The zero-order valence-corrected chi connectivity index (χ0v) is 20.3. The van der Waals surface area contributed by atoms with Crippen LogP contribution in [-0.2, 0) is 11.0 Å². The molecule has 0 saturated carbocycles. The standard InChI is InChI=1S/C26H19F5N2O3S/c1-35-19-11-10-14(13-20(19)36-2)22-23(15-6-5-7-16(12-15)26(29,30)31)37-25(32-22)33-24(34)21-17(27)8-3-4-9-18(21)28/h3-8,10-13H,9H2,1-2H3,(H,32,33,34). The number of ether oxygens (including phenoxy) is 2.